The Labute approximate surface area is 60.4 Å². The van der Waals surface area contributed by atoms with Crippen molar-refractivity contribution in [2.75, 3.05) is 0 Å². The molecule has 0 saturated heterocycles. The van der Waals surface area contributed by atoms with Gasteiger partial charge in [-0.2, -0.15) is 24.6 Å². The third-order valence-corrected chi connectivity index (χ3v) is 0.843. The Morgan fingerprint density at radius 2 is 1.50 bits per heavy atom. The van der Waals surface area contributed by atoms with Crippen molar-refractivity contribution in [2.24, 2.45) is 0 Å². The van der Waals surface area contributed by atoms with Gasteiger partial charge in [0.15, 0.2) is 0 Å². The van der Waals surface area contributed by atoms with Crippen LogP contribution in [0.2, 0.25) is 0 Å². The summed E-state index contributed by atoms with van der Waals surface area (Å²) < 4.78 is 0. The van der Waals surface area contributed by atoms with Crippen LogP contribution in [0.15, 0.2) is 30.3 Å². The molecule has 0 aliphatic carbocycles. The van der Waals surface area contributed by atoms with Crippen LogP contribution in [0, 0.1) is 6.92 Å². The van der Waals surface area contributed by atoms with Gasteiger partial charge in [0.25, 0.3) is 0 Å². The molecule has 1 rings (SSSR count). The first kappa shape index (κ1) is 7.61. The molecule has 45 valence electrons. The summed E-state index contributed by atoms with van der Waals surface area (Å²) in [4.78, 5) is 0. The maximum Gasteiger partial charge on any atom is 2.00 e. The molecule has 1 aromatic carbocycles. The zero-order chi connectivity index (χ0) is 5.11. The second-order valence-corrected chi connectivity index (χ2v) is 1.49. The van der Waals surface area contributed by atoms with Crippen LogP contribution in [0.1, 0.15) is 5.56 Å². The van der Waals surface area contributed by atoms with Gasteiger partial charge in [-0.05, 0) is 0 Å². The van der Waals surface area contributed by atoms with Crippen molar-refractivity contribution >= 4 is 0 Å². The van der Waals surface area contributed by atoms with Crippen molar-refractivity contribution in [2.45, 2.75) is 0 Å². The van der Waals surface area contributed by atoms with E-state index in [1.54, 1.807) is 0 Å². The molecule has 0 unspecified atom stereocenters. The van der Waals surface area contributed by atoms with Crippen LogP contribution >= 0.6 is 0 Å². The number of hydrogen-bond donors (Lipinski definition) is 0. The predicted octanol–water partition coefficient (Wildman–Crippen LogP) is 1.87. The average Bonchev–Trinajstić information content (AvgIpc) is 1.69. The second-order valence-electron chi connectivity index (χ2n) is 1.49. The normalized spacial score (nSPS) is 7.50. The zero-order valence-electron chi connectivity index (χ0n) is 4.40. The van der Waals surface area contributed by atoms with Gasteiger partial charge in [0.1, 0.15) is 0 Å². The minimum Gasteiger partial charge on any atom is -0.199 e. The van der Waals surface area contributed by atoms with Crippen LogP contribution in [0.4, 0.5) is 0 Å². The number of hydrogen-bond acceptors (Lipinski definition) is 0. The average molecular weight is 155 g/mol. The zero-order valence-corrected chi connectivity index (χ0v) is 5.34. The van der Waals surface area contributed by atoms with Gasteiger partial charge >= 0.3 is 17.1 Å². The Kier molecular flexibility index (Phi) is 3.42. The van der Waals surface area contributed by atoms with Crippen LogP contribution in [-0.2, 0) is 17.1 Å². The Bertz CT molecular complexity index is 134. The molecule has 0 amide bonds. The van der Waals surface area contributed by atoms with E-state index in [9.17, 15) is 0 Å². The maximum absolute atomic E-state index is 3.72. The van der Waals surface area contributed by atoms with Crippen LogP contribution in [-0.4, -0.2) is 0 Å². The van der Waals surface area contributed by atoms with Gasteiger partial charge < -0.3 is 0 Å². The molecule has 8 heavy (non-hydrogen) atoms. The Balaban J connectivity index is 0.000000490. The molecule has 0 spiro atoms. The van der Waals surface area contributed by atoms with E-state index in [0.717, 1.165) is 5.56 Å². The first-order valence-electron chi connectivity index (χ1n) is 2.26. The van der Waals surface area contributed by atoms with Gasteiger partial charge in [-0.3, -0.25) is 0 Å². The minimum atomic E-state index is 0. The molecule has 1 heteroatoms. The molecule has 0 saturated carbocycles. The molecular weight excluding hydrogens is 148 g/mol. The van der Waals surface area contributed by atoms with Crippen molar-refractivity contribution < 1.29 is 17.1 Å². The summed E-state index contributed by atoms with van der Waals surface area (Å²) in [6.45, 7) is 3.72. The Morgan fingerprint density at radius 1 is 1.00 bits per heavy atom. The van der Waals surface area contributed by atoms with E-state index >= 15 is 0 Å². The third-order valence-electron chi connectivity index (χ3n) is 0.843. The summed E-state index contributed by atoms with van der Waals surface area (Å²) in [5, 5.41) is 0. The molecule has 0 nitrogen and oxygen atoms in total. The molecule has 0 heterocycles. The summed E-state index contributed by atoms with van der Waals surface area (Å²) >= 11 is 0. The quantitative estimate of drug-likeness (QED) is 0.396. The summed E-state index contributed by atoms with van der Waals surface area (Å²) in [6, 6.07) is 9.87. The topological polar surface area (TPSA) is 0 Å². The molecule has 0 bridgehead atoms. The van der Waals surface area contributed by atoms with Crippen molar-refractivity contribution in [3.8, 4) is 0 Å². The van der Waals surface area contributed by atoms with E-state index in [1.165, 1.54) is 0 Å². The van der Waals surface area contributed by atoms with Crippen molar-refractivity contribution in [3.05, 3.63) is 42.8 Å². The first-order chi connectivity index (χ1) is 3.39. The fraction of sp³-hybridized carbons (Fsp3) is 0. The molecule has 1 radical (unpaired) electrons. The summed E-state index contributed by atoms with van der Waals surface area (Å²) in [5.74, 6) is 0. The largest absolute Gasteiger partial charge is 2.00 e. The fourth-order valence-electron chi connectivity index (χ4n) is 0.478. The summed E-state index contributed by atoms with van der Waals surface area (Å²) in [7, 11) is 0. The van der Waals surface area contributed by atoms with Gasteiger partial charge in [0.05, 0.1) is 0 Å². The summed E-state index contributed by atoms with van der Waals surface area (Å²) in [6.07, 6.45) is 0. The van der Waals surface area contributed by atoms with Crippen LogP contribution in [0.25, 0.3) is 0 Å². The first-order valence-corrected chi connectivity index (χ1v) is 2.26. The molecule has 1 aromatic rings. The predicted molar refractivity (Wildman–Crippen MR) is 30.9 cm³/mol. The molecule has 0 aliphatic rings. The van der Waals surface area contributed by atoms with Gasteiger partial charge in [0.2, 0.25) is 0 Å². The van der Waals surface area contributed by atoms with Gasteiger partial charge in [-0.1, -0.05) is 6.07 Å². The monoisotopic (exact) mass is 154 g/mol. The van der Waals surface area contributed by atoms with E-state index in [1.807, 2.05) is 30.3 Å². The Morgan fingerprint density at radius 3 is 1.75 bits per heavy atom. The SMILES string of the molecule is [CH2-]c1ccccc1.[Cu+2]. The molecule has 0 fully saturated rings. The Hall–Kier alpha value is -0.391. The summed E-state index contributed by atoms with van der Waals surface area (Å²) in [5.41, 5.74) is 1.07. The fourth-order valence-corrected chi connectivity index (χ4v) is 0.478. The molecule has 0 atom stereocenters. The second kappa shape index (κ2) is 3.59. The van der Waals surface area contributed by atoms with E-state index in [2.05, 4.69) is 6.92 Å². The number of benzene rings is 1. The van der Waals surface area contributed by atoms with Crippen LogP contribution in [0.5, 0.6) is 0 Å². The van der Waals surface area contributed by atoms with Crippen LogP contribution < -0.4 is 0 Å². The molecular formula is C7H7Cu+. The van der Waals surface area contributed by atoms with Crippen LogP contribution in [0.3, 0.4) is 0 Å². The van der Waals surface area contributed by atoms with Gasteiger partial charge in [-0.25, -0.2) is 0 Å². The minimum absolute atomic E-state index is 0. The number of rotatable bonds is 0. The molecule has 0 aliphatic heterocycles. The van der Waals surface area contributed by atoms with Crippen molar-refractivity contribution in [3.63, 3.8) is 0 Å². The van der Waals surface area contributed by atoms with Gasteiger partial charge in [0, 0.05) is 0 Å². The van der Waals surface area contributed by atoms with Gasteiger partial charge in [-0.15, -0.1) is 12.1 Å². The molecule has 0 N–H and O–H groups in total. The van der Waals surface area contributed by atoms with E-state index in [0.29, 0.717) is 0 Å². The van der Waals surface area contributed by atoms with Crippen molar-refractivity contribution in [1.29, 1.82) is 0 Å². The maximum atomic E-state index is 3.72. The smallest absolute Gasteiger partial charge is 0.199 e. The van der Waals surface area contributed by atoms with Crippen molar-refractivity contribution in [1.82, 2.24) is 0 Å². The van der Waals surface area contributed by atoms with E-state index < -0.39 is 0 Å². The van der Waals surface area contributed by atoms with E-state index in [-0.39, 0.29) is 17.1 Å². The standard InChI is InChI=1S/C7H7.Cu/c1-7-5-3-2-4-6-7;/h2-6H,1H2;/q-1;+2. The molecule has 0 aromatic heterocycles. The third kappa shape index (κ3) is 2.06. The van der Waals surface area contributed by atoms with E-state index in [4.69, 9.17) is 0 Å².